The first kappa shape index (κ1) is 21.8. The smallest absolute Gasteiger partial charge is 0.409 e. The number of carbonyl (C=O) groups excluding carboxylic acids is 1. The lowest BCUT2D eigenvalue weighted by molar-refractivity contribution is -0.0150. The third-order valence-corrected chi connectivity index (χ3v) is 7.91. The Balaban J connectivity index is 1.41. The fraction of sp³-hybridized carbons (Fsp3) is 0.950. The summed E-state index contributed by atoms with van der Waals surface area (Å²) in [4.78, 5) is 18.8. The van der Waals surface area contributed by atoms with E-state index < -0.39 is 9.84 Å². The zero-order chi connectivity index (χ0) is 20.4. The number of likely N-dealkylation sites (tertiary alicyclic amines) is 2. The standard InChI is InChI=1S/C20H37N3O4S/c1-4-21(12-13-28(3,25)26)17-6-9-22(10-7-17)18-14-20(15-18)8-11-23(16-20)19(24)27-5-2/h17-18H,4-16H2,1-3H3. The molecule has 0 aromatic carbocycles. The topological polar surface area (TPSA) is 70.2 Å². The van der Waals surface area contributed by atoms with Crippen molar-refractivity contribution in [1.29, 1.82) is 0 Å². The highest BCUT2D eigenvalue weighted by Crippen LogP contribution is 2.50. The van der Waals surface area contributed by atoms with E-state index in [1.165, 1.54) is 19.1 Å². The van der Waals surface area contributed by atoms with Gasteiger partial charge in [0.05, 0.1) is 12.4 Å². The van der Waals surface area contributed by atoms with E-state index in [1.54, 1.807) is 0 Å². The van der Waals surface area contributed by atoms with Crippen LogP contribution in [-0.2, 0) is 14.6 Å². The van der Waals surface area contributed by atoms with Crippen molar-refractivity contribution in [2.75, 3.05) is 57.9 Å². The zero-order valence-corrected chi connectivity index (χ0v) is 18.5. The predicted molar refractivity (Wildman–Crippen MR) is 110 cm³/mol. The van der Waals surface area contributed by atoms with Crippen molar-refractivity contribution in [3.05, 3.63) is 0 Å². The monoisotopic (exact) mass is 415 g/mol. The summed E-state index contributed by atoms with van der Waals surface area (Å²) in [7, 11) is -2.90. The number of rotatable bonds is 7. The molecule has 0 radical (unpaired) electrons. The molecular weight excluding hydrogens is 378 g/mol. The molecule has 0 atom stereocenters. The van der Waals surface area contributed by atoms with Gasteiger partial charge in [0.25, 0.3) is 0 Å². The van der Waals surface area contributed by atoms with Crippen molar-refractivity contribution in [2.24, 2.45) is 5.41 Å². The van der Waals surface area contributed by atoms with Gasteiger partial charge < -0.3 is 14.5 Å². The van der Waals surface area contributed by atoms with Crippen LogP contribution in [0.4, 0.5) is 4.79 Å². The molecular formula is C20H37N3O4S. The highest BCUT2D eigenvalue weighted by atomic mass is 32.2. The third-order valence-electron chi connectivity index (χ3n) is 6.99. The first-order valence-electron chi connectivity index (χ1n) is 10.8. The average Bonchev–Trinajstić information content (AvgIpc) is 3.07. The number of amides is 1. The summed E-state index contributed by atoms with van der Waals surface area (Å²) in [6.45, 7) is 9.87. The SMILES string of the molecule is CCOC(=O)N1CCC2(CC(N3CCC(N(CC)CCS(C)(=O)=O)CC3)C2)C1. The van der Waals surface area contributed by atoms with Crippen LogP contribution in [-0.4, -0.2) is 99.2 Å². The maximum Gasteiger partial charge on any atom is 0.409 e. The van der Waals surface area contributed by atoms with Gasteiger partial charge in [-0.1, -0.05) is 6.92 Å². The van der Waals surface area contributed by atoms with Crippen molar-refractivity contribution in [3.8, 4) is 0 Å². The number of ether oxygens (including phenoxy) is 1. The summed E-state index contributed by atoms with van der Waals surface area (Å²) in [5.74, 6) is 0.253. The third kappa shape index (κ3) is 5.19. The quantitative estimate of drug-likeness (QED) is 0.632. The van der Waals surface area contributed by atoms with E-state index in [0.717, 1.165) is 52.0 Å². The number of hydrogen-bond acceptors (Lipinski definition) is 6. The molecule has 0 aromatic rings. The van der Waals surface area contributed by atoms with E-state index in [0.29, 0.717) is 30.7 Å². The number of carbonyl (C=O) groups is 1. The van der Waals surface area contributed by atoms with Gasteiger partial charge >= 0.3 is 6.09 Å². The molecule has 2 heterocycles. The molecule has 1 aliphatic carbocycles. The lowest BCUT2D eigenvalue weighted by atomic mass is 9.64. The number of sulfone groups is 1. The maximum atomic E-state index is 12.0. The molecule has 1 spiro atoms. The normalized spacial score (nSPS) is 29.4. The van der Waals surface area contributed by atoms with E-state index in [2.05, 4.69) is 16.7 Å². The molecule has 162 valence electrons. The van der Waals surface area contributed by atoms with E-state index in [4.69, 9.17) is 4.74 Å². The molecule has 0 unspecified atom stereocenters. The summed E-state index contributed by atoms with van der Waals surface area (Å²) >= 11 is 0. The Hall–Kier alpha value is -0.860. The molecule has 3 fully saturated rings. The number of hydrogen-bond donors (Lipinski definition) is 0. The second-order valence-corrected chi connectivity index (χ2v) is 11.2. The fourth-order valence-electron chi connectivity index (χ4n) is 5.34. The minimum absolute atomic E-state index is 0.155. The van der Waals surface area contributed by atoms with Gasteiger partial charge in [0.2, 0.25) is 0 Å². The molecule has 0 bridgehead atoms. The molecule has 0 aromatic heterocycles. The summed E-state index contributed by atoms with van der Waals surface area (Å²) in [6.07, 6.45) is 6.90. The fourth-order valence-corrected chi connectivity index (χ4v) is 5.90. The van der Waals surface area contributed by atoms with Crippen molar-refractivity contribution in [1.82, 2.24) is 14.7 Å². The Morgan fingerprint density at radius 3 is 2.43 bits per heavy atom. The van der Waals surface area contributed by atoms with Crippen molar-refractivity contribution in [3.63, 3.8) is 0 Å². The Kier molecular flexibility index (Phi) is 6.92. The number of piperidine rings is 1. The predicted octanol–water partition coefficient (Wildman–Crippen LogP) is 1.83. The summed E-state index contributed by atoms with van der Waals surface area (Å²) in [6, 6.07) is 1.15. The van der Waals surface area contributed by atoms with Crippen LogP contribution in [0.2, 0.25) is 0 Å². The first-order valence-corrected chi connectivity index (χ1v) is 12.9. The Labute approximate surface area is 170 Å². The highest BCUT2D eigenvalue weighted by molar-refractivity contribution is 7.90. The highest BCUT2D eigenvalue weighted by Gasteiger charge is 2.51. The molecule has 0 N–H and O–H groups in total. The minimum atomic E-state index is -2.90. The van der Waals surface area contributed by atoms with Gasteiger partial charge in [-0.05, 0) is 64.1 Å². The van der Waals surface area contributed by atoms with Crippen molar-refractivity contribution < 1.29 is 17.9 Å². The van der Waals surface area contributed by atoms with Gasteiger partial charge in [-0.15, -0.1) is 0 Å². The second-order valence-electron chi connectivity index (χ2n) is 8.96. The Morgan fingerprint density at radius 1 is 1.18 bits per heavy atom. The Bertz CT molecular complexity index is 640. The summed E-state index contributed by atoms with van der Waals surface area (Å²) < 4.78 is 28.1. The minimum Gasteiger partial charge on any atom is -0.450 e. The molecule has 1 saturated carbocycles. The van der Waals surface area contributed by atoms with Crippen LogP contribution in [0.3, 0.4) is 0 Å². The van der Waals surface area contributed by atoms with Crippen molar-refractivity contribution in [2.45, 2.75) is 58.0 Å². The molecule has 2 saturated heterocycles. The van der Waals surface area contributed by atoms with Gasteiger partial charge in [0.15, 0.2) is 0 Å². The molecule has 3 rings (SSSR count). The largest absolute Gasteiger partial charge is 0.450 e. The molecule has 2 aliphatic heterocycles. The first-order chi connectivity index (χ1) is 13.3. The van der Waals surface area contributed by atoms with Gasteiger partial charge in [-0.25, -0.2) is 13.2 Å². The summed E-state index contributed by atoms with van der Waals surface area (Å²) in [5, 5.41) is 0. The molecule has 8 heteroatoms. The molecule has 1 amide bonds. The van der Waals surface area contributed by atoms with Crippen molar-refractivity contribution >= 4 is 15.9 Å². The van der Waals surface area contributed by atoms with Gasteiger partial charge in [0.1, 0.15) is 9.84 Å². The van der Waals surface area contributed by atoms with Crippen LogP contribution in [0.25, 0.3) is 0 Å². The van der Waals surface area contributed by atoms with E-state index in [1.807, 2.05) is 11.8 Å². The summed E-state index contributed by atoms with van der Waals surface area (Å²) in [5.41, 5.74) is 0.319. The molecule has 28 heavy (non-hydrogen) atoms. The second kappa shape index (κ2) is 8.88. The van der Waals surface area contributed by atoms with E-state index in [-0.39, 0.29) is 11.8 Å². The average molecular weight is 416 g/mol. The molecule has 7 nitrogen and oxygen atoms in total. The lowest BCUT2D eigenvalue weighted by Crippen LogP contribution is -2.56. The lowest BCUT2D eigenvalue weighted by Gasteiger charge is -2.52. The van der Waals surface area contributed by atoms with E-state index in [9.17, 15) is 13.2 Å². The van der Waals surface area contributed by atoms with Crippen LogP contribution < -0.4 is 0 Å². The van der Waals surface area contributed by atoms with E-state index >= 15 is 0 Å². The van der Waals surface area contributed by atoms with Gasteiger partial charge in [-0.3, -0.25) is 4.90 Å². The zero-order valence-electron chi connectivity index (χ0n) is 17.7. The van der Waals surface area contributed by atoms with Crippen LogP contribution in [0.15, 0.2) is 0 Å². The van der Waals surface area contributed by atoms with Gasteiger partial charge in [0, 0.05) is 38.0 Å². The molecule has 3 aliphatic rings. The van der Waals surface area contributed by atoms with Crippen LogP contribution in [0.5, 0.6) is 0 Å². The van der Waals surface area contributed by atoms with Crippen LogP contribution >= 0.6 is 0 Å². The maximum absolute atomic E-state index is 12.0. The van der Waals surface area contributed by atoms with Crippen LogP contribution in [0.1, 0.15) is 46.0 Å². The number of nitrogens with zero attached hydrogens (tertiary/aromatic N) is 3. The van der Waals surface area contributed by atoms with Crippen LogP contribution in [0, 0.1) is 5.41 Å². The van der Waals surface area contributed by atoms with Gasteiger partial charge in [-0.2, -0.15) is 0 Å². The Morgan fingerprint density at radius 2 is 1.86 bits per heavy atom.